The maximum Gasteiger partial charge on any atom is 0.245 e. The van der Waals surface area contributed by atoms with Crippen LogP contribution >= 0.6 is 0 Å². The van der Waals surface area contributed by atoms with E-state index in [1.54, 1.807) is 26.2 Å². The monoisotopic (exact) mass is 528 g/mol. The number of halogens is 1. The molecule has 4 heterocycles. The fourth-order valence-corrected chi connectivity index (χ4v) is 5.29. The molecule has 0 unspecified atom stereocenters. The van der Waals surface area contributed by atoms with Gasteiger partial charge in [-0.2, -0.15) is 9.97 Å². The molecule has 0 aliphatic rings. The first-order valence-corrected chi connectivity index (χ1v) is 12.9. The maximum atomic E-state index is 13.6. The van der Waals surface area contributed by atoms with E-state index >= 15 is 0 Å². The van der Waals surface area contributed by atoms with Gasteiger partial charge in [-0.3, -0.25) is 9.55 Å². The van der Waals surface area contributed by atoms with Crippen molar-refractivity contribution < 1.29 is 22.3 Å². The molecule has 0 fully saturated rings. The van der Waals surface area contributed by atoms with E-state index in [9.17, 15) is 12.8 Å². The van der Waals surface area contributed by atoms with Gasteiger partial charge in [0.05, 0.1) is 31.9 Å². The quantitative estimate of drug-likeness (QED) is 0.315. The molecule has 2 atom stereocenters. The summed E-state index contributed by atoms with van der Waals surface area (Å²) < 4.78 is 52.8. The molecule has 0 N–H and O–H groups in total. The average molecular weight is 529 g/mol. The molecule has 4 rings (SSSR count). The lowest BCUT2D eigenvalue weighted by Crippen LogP contribution is -2.27. The van der Waals surface area contributed by atoms with Crippen LogP contribution in [0.4, 0.5) is 4.39 Å². The van der Waals surface area contributed by atoms with Gasteiger partial charge in [-0.1, -0.05) is 6.92 Å². The normalized spacial score (nSPS) is 13.2. The number of aromatic nitrogens is 8. The molecule has 4 aromatic heterocycles. The van der Waals surface area contributed by atoms with Crippen molar-refractivity contribution in [2.24, 2.45) is 0 Å². The second-order valence-electron chi connectivity index (χ2n) is 8.33. The molecular weight excluding hydrogens is 503 g/mol. The zero-order valence-electron chi connectivity index (χ0n) is 20.8. The Kier molecular flexibility index (Phi) is 7.38. The van der Waals surface area contributed by atoms with Crippen LogP contribution in [0, 0.1) is 12.7 Å². The SMILES string of the molecule is COc1ncnc(OC)c1-n1c(CS(=O)(=O)[C@@H](C)[C@H](C)c2ncc(F)cn2)nnc1-c1cncc(C)c1. The highest BCUT2D eigenvalue weighted by atomic mass is 32.2. The predicted octanol–water partition coefficient (Wildman–Crippen LogP) is 2.48. The van der Waals surface area contributed by atoms with Crippen molar-refractivity contribution in [3.05, 3.63) is 60.2 Å². The second kappa shape index (κ2) is 10.5. The number of rotatable bonds is 9. The molecule has 194 valence electrons. The van der Waals surface area contributed by atoms with Crippen LogP contribution in [-0.2, 0) is 15.6 Å². The number of pyridine rings is 1. The van der Waals surface area contributed by atoms with Gasteiger partial charge in [-0.05, 0) is 25.5 Å². The highest BCUT2D eigenvalue weighted by Crippen LogP contribution is 2.34. The Morgan fingerprint density at radius 2 is 1.62 bits per heavy atom. The minimum absolute atomic E-state index is 0.0852. The fraction of sp³-hybridized carbons (Fsp3) is 0.348. The predicted molar refractivity (Wildman–Crippen MR) is 131 cm³/mol. The number of hydrogen-bond acceptors (Lipinski definition) is 11. The summed E-state index contributed by atoms with van der Waals surface area (Å²) in [6, 6.07) is 1.84. The number of ether oxygens (including phenoxy) is 2. The van der Waals surface area contributed by atoms with Crippen LogP contribution in [-0.4, -0.2) is 67.6 Å². The number of aryl methyl sites for hydroxylation is 1. The summed E-state index contributed by atoms with van der Waals surface area (Å²) in [4.78, 5) is 20.4. The molecule has 0 aliphatic heterocycles. The molecule has 14 heteroatoms. The van der Waals surface area contributed by atoms with E-state index < -0.39 is 32.6 Å². The van der Waals surface area contributed by atoms with E-state index in [2.05, 4.69) is 35.1 Å². The smallest absolute Gasteiger partial charge is 0.245 e. The number of nitrogens with zero attached hydrogens (tertiary/aromatic N) is 8. The Morgan fingerprint density at radius 1 is 0.973 bits per heavy atom. The lowest BCUT2D eigenvalue weighted by Gasteiger charge is -2.20. The van der Waals surface area contributed by atoms with Crippen molar-refractivity contribution in [2.45, 2.75) is 37.7 Å². The summed E-state index contributed by atoms with van der Waals surface area (Å²) in [7, 11) is -1.01. The van der Waals surface area contributed by atoms with E-state index in [1.165, 1.54) is 25.1 Å². The van der Waals surface area contributed by atoms with Crippen molar-refractivity contribution in [1.29, 1.82) is 0 Å². The van der Waals surface area contributed by atoms with Crippen LogP contribution in [0.15, 0.2) is 37.2 Å². The van der Waals surface area contributed by atoms with Gasteiger partial charge in [0.25, 0.3) is 0 Å². The molecule has 37 heavy (non-hydrogen) atoms. The van der Waals surface area contributed by atoms with E-state index in [4.69, 9.17) is 9.47 Å². The van der Waals surface area contributed by atoms with Crippen molar-refractivity contribution in [3.63, 3.8) is 0 Å². The van der Waals surface area contributed by atoms with E-state index in [0.29, 0.717) is 11.4 Å². The third-order valence-corrected chi connectivity index (χ3v) is 8.08. The number of methoxy groups -OCH3 is 2. The van der Waals surface area contributed by atoms with E-state index in [0.717, 1.165) is 18.0 Å². The van der Waals surface area contributed by atoms with Crippen LogP contribution in [0.2, 0.25) is 0 Å². The van der Waals surface area contributed by atoms with Gasteiger partial charge < -0.3 is 9.47 Å². The topological polar surface area (TPSA) is 148 Å². The number of hydrogen-bond donors (Lipinski definition) is 0. The van der Waals surface area contributed by atoms with Crippen molar-refractivity contribution in [3.8, 4) is 28.8 Å². The van der Waals surface area contributed by atoms with E-state index in [-0.39, 0.29) is 29.1 Å². The highest BCUT2D eigenvalue weighted by Gasteiger charge is 2.33. The largest absolute Gasteiger partial charge is 0.479 e. The fourth-order valence-electron chi connectivity index (χ4n) is 3.74. The zero-order valence-corrected chi connectivity index (χ0v) is 21.6. The number of sulfone groups is 1. The van der Waals surface area contributed by atoms with Crippen molar-refractivity contribution in [1.82, 2.24) is 39.7 Å². The summed E-state index contributed by atoms with van der Waals surface area (Å²) in [5, 5.41) is 7.58. The molecule has 0 radical (unpaired) electrons. The Balaban J connectivity index is 1.83. The maximum absolute atomic E-state index is 13.6. The van der Waals surface area contributed by atoms with Gasteiger partial charge in [-0.25, -0.2) is 22.8 Å². The third kappa shape index (κ3) is 5.23. The Hall–Kier alpha value is -4.07. The molecule has 0 aliphatic carbocycles. The Bertz CT molecular complexity index is 1490. The first-order valence-electron chi connectivity index (χ1n) is 11.1. The molecule has 0 amide bonds. The van der Waals surface area contributed by atoms with Crippen LogP contribution < -0.4 is 9.47 Å². The molecule has 0 spiro atoms. The molecule has 0 bridgehead atoms. The Morgan fingerprint density at radius 3 is 2.22 bits per heavy atom. The zero-order chi connectivity index (χ0) is 26.7. The second-order valence-corrected chi connectivity index (χ2v) is 10.7. The summed E-state index contributed by atoms with van der Waals surface area (Å²) in [5.41, 5.74) is 1.69. The van der Waals surface area contributed by atoms with Crippen LogP contribution in [0.1, 0.15) is 37.0 Å². The van der Waals surface area contributed by atoms with E-state index in [1.807, 2.05) is 13.0 Å². The third-order valence-electron chi connectivity index (χ3n) is 5.88. The molecule has 0 saturated heterocycles. The summed E-state index contributed by atoms with van der Waals surface area (Å²) in [5.74, 6) is -0.853. The average Bonchev–Trinajstić information content (AvgIpc) is 3.29. The van der Waals surface area contributed by atoms with Gasteiger partial charge in [0.1, 0.15) is 17.9 Å². The molecule has 0 saturated carbocycles. The minimum atomic E-state index is -3.85. The summed E-state index contributed by atoms with van der Waals surface area (Å²) in [6.45, 7) is 5.09. The van der Waals surface area contributed by atoms with Gasteiger partial charge in [-0.15, -0.1) is 10.2 Å². The Labute approximate surface area is 212 Å². The first kappa shape index (κ1) is 26.0. The van der Waals surface area contributed by atoms with Crippen LogP contribution in [0.25, 0.3) is 17.1 Å². The molecule has 4 aromatic rings. The minimum Gasteiger partial charge on any atom is -0.479 e. The van der Waals surface area contributed by atoms with Crippen molar-refractivity contribution >= 4 is 9.84 Å². The van der Waals surface area contributed by atoms with Gasteiger partial charge in [0, 0.05) is 23.9 Å². The van der Waals surface area contributed by atoms with Crippen LogP contribution in [0.5, 0.6) is 11.8 Å². The molecule has 0 aromatic carbocycles. The standard InChI is InChI=1S/C23H25FN8O4S/c1-13-6-16(8-25-7-13)21-31-30-18(32(21)19-22(35-4)28-12-29-23(19)36-5)11-37(33,34)15(3)14(2)20-26-9-17(24)10-27-20/h6-10,12,14-15H,11H2,1-5H3/t14-,15-/m0/s1. The molecular formula is C23H25FN8O4S. The van der Waals surface area contributed by atoms with Gasteiger partial charge >= 0.3 is 0 Å². The summed E-state index contributed by atoms with van der Waals surface area (Å²) in [6.07, 6.45) is 6.55. The van der Waals surface area contributed by atoms with Gasteiger partial charge in [0.2, 0.25) is 11.8 Å². The lowest BCUT2D eigenvalue weighted by atomic mass is 10.1. The van der Waals surface area contributed by atoms with Crippen molar-refractivity contribution in [2.75, 3.05) is 14.2 Å². The highest BCUT2D eigenvalue weighted by molar-refractivity contribution is 7.91. The lowest BCUT2D eigenvalue weighted by molar-refractivity contribution is 0.368. The van der Waals surface area contributed by atoms with Gasteiger partial charge in [0.15, 0.2) is 33.0 Å². The first-order chi connectivity index (χ1) is 17.7. The molecule has 12 nitrogen and oxygen atoms in total. The summed E-state index contributed by atoms with van der Waals surface area (Å²) >= 11 is 0. The van der Waals surface area contributed by atoms with Crippen LogP contribution in [0.3, 0.4) is 0 Å².